The Labute approximate surface area is 175 Å². The van der Waals surface area contributed by atoms with Gasteiger partial charge in [-0.25, -0.2) is 14.6 Å². The molecule has 0 aliphatic carbocycles. The Balaban J connectivity index is 2.31. The molecule has 30 heavy (non-hydrogen) atoms. The van der Waals surface area contributed by atoms with Crippen LogP contribution in [0.25, 0.3) is 16.7 Å². The summed E-state index contributed by atoms with van der Waals surface area (Å²) in [6.07, 6.45) is -9.50. The van der Waals surface area contributed by atoms with Crippen molar-refractivity contribution >= 4 is 40.2 Å². The Kier molecular flexibility index (Phi) is 5.61. The van der Waals surface area contributed by atoms with Gasteiger partial charge in [-0.3, -0.25) is 0 Å². The predicted molar refractivity (Wildman–Crippen MR) is 102 cm³/mol. The Hall–Kier alpha value is -2.21. The topological polar surface area (TPSA) is 69.6 Å². The van der Waals surface area contributed by atoms with Crippen LogP contribution < -0.4 is 5.73 Å². The number of anilines is 1. The quantitative estimate of drug-likeness (QED) is 0.294. The second-order valence-corrected chi connectivity index (χ2v) is 8.59. The first-order chi connectivity index (χ1) is 13.7. The highest BCUT2D eigenvalue weighted by molar-refractivity contribution is 7.99. The minimum absolute atomic E-state index is 0.0210. The van der Waals surface area contributed by atoms with Gasteiger partial charge < -0.3 is 5.73 Å². The fourth-order valence-corrected chi connectivity index (χ4v) is 3.85. The van der Waals surface area contributed by atoms with Crippen molar-refractivity contribution in [3.8, 4) is 5.69 Å². The normalized spacial score (nSPS) is 12.9. The summed E-state index contributed by atoms with van der Waals surface area (Å²) >= 11 is 7.03. The number of nitrogen functional groups attached to an aromatic ring is 1. The lowest BCUT2D eigenvalue weighted by molar-refractivity contribution is -0.140. The standard InChI is InChI=1S/C17H14ClF6N5S/c1-6(2)30-15-26-12(17(22,23)24)10-13(25)29(28-14(10)27-15)11-7(3)4-8(5-9(11)18)16(19,20)21/h4-6H,25H2,1-3H3. The van der Waals surface area contributed by atoms with E-state index in [-0.39, 0.29) is 32.3 Å². The lowest BCUT2D eigenvalue weighted by atomic mass is 10.1. The van der Waals surface area contributed by atoms with Crippen LogP contribution in [0.15, 0.2) is 17.3 Å². The molecule has 0 aliphatic heterocycles. The number of nitrogens with two attached hydrogens (primary N) is 1. The highest BCUT2D eigenvalue weighted by atomic mass is 35.5. The van der Waals surface area contributed by atoms with E-state index in [1.54, 1.807) is 13.8 Å². The second-order valence-electron chi connectivity index (χ2n) is 6.64. The Morgan fingerprint density at radius 3 is 2.20 bits per heavy atom. The zero-order valence-electron chi connectivity index (χ0n) is 15.7. The van der Waals surface area contributed by atoms with Crippen molar-refractivity contribution in [2.45, 2.75) is 43.5 Å². The van der Waals surface area contributed by atoms with Crippen LogP contribution in [0.3, 0.4) is 0 Å². The highest BCUT2D eigenvalue weighted by Gasteiger charge is 2.38. The summed E-state index contributed by atoms with van der Waals surface area (Å²) < 4.78 is 80.8. The summed E-state index contributed by atoms with van der Waals surface area (Å²) in [6, 6.07) is 1.47. The zero-order chi connectivity index (χ0) is 22.6. The molecular weight excluding hydrogens is 456 g/mol. The lowest BCUT2D eigenvalue weighted by Gasteiger charge is -2.14. The number of nitrogens with zero attached hydrogens (tertiary/aromatic N) is 4. The molecular formula is C17H14ClF6N5S. The van der Waals surface area contributed by atoms with Crippen LogP contribution in [0, 0.1) is 6.92 Å². The summed E-state index contributed by atoms with van der Waals surface area (Å²) in [5.41, 5.74) is 3.24. The molecule has 2 aromatic heterocycles. The lowest BCUT2D eigenvalue weighted by Crippen LogP contribution is -2.12. The van der Waals surface area contributed by atoms with Crippen LogP contribution in [0.4, 0.5) is 32.2 Å². The van der Waals surface area contributed by atoms with Crippen LogP contribution in [-0.2, 0) is 12.4 Å². The number of alkyl halides is 6. The molecule has 13 heteroatoms. The first-order valence-corrected chi connectivity index (χ1v) is 9.63. The van der Waals surface area contributed by atoms with Gasteiger partial charge in [-0.15, -0.1) is 5.10 Å². The van der Waals surface area contributed by atoms with E-state index in [0.717, 1.165) is 22.5 Å². The number of thioether (sulfide) groups is 1. The van der Waals surface area contributed by atoms with Gasteiger partial charge in [0.25, 0.3) is 0 Å². The Bertz CT molecular complexity index is 1100. The van der Waals surface area contributed by atoms with Gasteiger partial charge >= 0.3 is 12.4 Å². The molecule has 5 nitrogen and oxygen atoms in total. The molecule has 0 bridgehead atoms. The van der Waals surface area contributed by atoms with E-state index in [2.05, 4.69) is 15.1 Å². The van der Waals surface area contributed by atoms with Crippen LogP contribution in [0.5, 0.6) is 0 Å². The SMILES string of the molecule is Cc1cc(C(F)(F)F)cc(Cl)c1-n1nc2nc(SC(C)C)nc(C(F)(F)F)c2c1N. The van der Waals surface area contributed by atoms with Crippen molar-refractivity contribution in [3.05, 3.63) is 34.0 Å². The van der Waals surface area contributed by atoms with E-state index < -0.39 is 34.8 Å². The van der Waals surface area contributed by atoms with Crippen molar-refractivity contribution in [1.29, 1.82) is 0 Å². The maximum atomic E-state index is 13.6. The van der Waals surface area contributed by atoms with E-state index in [9.17, 15) is 26.3 Å². The van der Waals surface area contributed by atoms with Crippen molar-refractivity contribution < 1.29 is 26.3 Å². The Morgan fingerprint density at radius 1 is 1.07 bits per heavy atom. The van der Waals surface area contributed by atoms with Crippen LogP contribution in [0.1, 0.15) is 30.7 Å². The molecule has 0 amide bonds. The second kappa shape index (κ2) is 7.49. The van der Waals surface area contributed by atoms with Gasteiger partial charge in [0.05, 0.1) is 21.7 Å². The number of aryl methyl sites for hydroxylation is 1. The molecule has 0 fully saturated rings. The first kappa shape index (κ1) is 22.5. The number of benzene rings is 1. The summed E-state index contributed by atoms with van der Waals surface area (Å²) in [5, 5.41) is 2.82. The summed E-state index contributed by atoms with van der Waals surface area (Å²) in [4.78, 5) is 7.61. The van der Waals surface area contributed by atoms with Crippen molar-refractivity contribution in [3.63, 3.8) is 0 Å². The number of aromatic nitrogens is 4. The van der Waals surface area contributed by atoms with Crippen molar-refractivity contribution in [1.82, 2.24) is 19.7 Å². The van der Waals surface area contributed by atoms with Gasteiger partial charge in [0.2, 0.25) is 0 Å². The van der Waals surface area contributed by atoms with E-state index in [4.69, 9.17) is 17.3 Å². The highest BCUT2D eigenvalue weighted by Crippen LogP contribution is 2.40. The molecule has 3 aromatic rings. The van der Waals surface area contributed by atoms with E-state index in [0.29, 0.717) is 6.07 Å². The Morgan fingerprint density at radius 2 is 1.70 bits per heavy atom. The van der Waals surface area contributed by atoms with E-state index in [1.807, 2.05) is 0 Å². The van der Waals surface area contributed by atoms with E-state index >= 15 is 0 Å². The summed E-state index contributed by atoms with van der Waals surface area (Å²) in [6.45, 7) is 4.83. The molecule has 0 atom stereocenters. The van der Waals surface area contributed by atoms with Gasteiger partial charge in [-0.1, -0.05) is 37.2 Å². The third-order valence-electron chi connectivity index (χ3n) is 3.95. The molecule has 3 rings (SSSR count). The fraction of sp³-hybridized carbons (Fsp3) is 0.353. The molecule has 0 saturated heterocycles. The molecule has 0 aliphatic rings. The number of hydrogen-bond donors (Lipinski definition) is 1. The maximum Gasteiger partial charge on any atom is 0.434 e. The van der Waals surface area contributed by atoms with Gasteiger partial charge in [-0.2, -0.15) is 26.3 Å². The number of rotatable bonds is 3. The van der Waals surface area contributed by atoms with Crippen LogP contribution in [0.2, 0.25) is 5.02 Å². The third kappa shape index (κ3) is 4.15. The van der Waals surface area contributed by atoms with Gasteiger partial charge in [-0.05, 0) is 24.6 Å². The average molecular weight is 470 g/mol. The summed E-state index contributed by atoms with van der Waals surface area (Å²) in [7, 11) is 0. The minimum Gasteiger partial charge on any atom is -0.383 e. The monoisotopic (exact) mass is 469 g/mol. The number of fused-ring (bicyclic) bond motifs is 1. The van der Waals surface area contributed by atoms with E-state index in [1.165, 1.54) is 6.92 Å². The first-order valence-electron chi connectivity index (χ1n) is 8.38. The molecule has 0 spiro atoms. The summed E-state index contributed by atoms with van der Waals surface area (Å²) in [5.74, 6) is -0.483. The smallest absolute Gasteiger partial charge is 0.383 e. The maximum absolute atomic E-state index is 13.6. The number of hydrogen-bond acceptors (Lipinski definition) is 5. The van der Waals surface area contributed by atoms with Gasteiger partial charge in [0.1, 0.15) is 5.82 Å². The average Bonchev–Trinajstić information content (AvgIpc) is 2.88. The third-order valence-corrected chi connectivity index (χ3v) is 5.10. The minimum atomic E-state index is -4.85. The fourth-order valence-electron chi connectivity index (χ4n) is 2.80. The molecule has 2 heterocycles. The zero-order valence-corrected chi connectivity index (χ0v) is 17.2. The van der Waals surface area contributed by atoms with Gasteiger partial charge in [0, 0.05) is 5.25 Å². The molecule has 0 unspecified atom stereocenters. The van der Waals surface area contributed by atoms with Crippen molar-refractivity contribution in [2.24, 2.45) is 0 Å². The number of halogens is 7. The van der Waals surface area contributed by atoms with Crippen molar-refractivity contribution in [2.75, 3.05) is 5.73 Å². The van der Waals surface area contributed by atoms with Crippen LogP contribution in [-0.4, -0.2) is 25.0 Å². The molecule has 2 N–H and O–H groups in total. The largest absolute Gasteiger partial charge is 0.434 e. The molecule has 162 valence electrons. The molecule has 0 radical (unpaired) electrons. The predicted octanol–water partition coefficient (Wildman–Crippen LogP) is 5.90. The molecule has 1 aromatic carbocycles. The molecule has 0 saturated carbocycles. The van der Waals surface area contributed by atoms with Crippen LogP contribution >= 0.6 is 23.4 Å². The van der Waals surface area contributed by atoms with Gasteiger partial charge in [0.15, 0.2) is 16.5 Å².